The van der Waals surface area contributed by atoms with Gasteiger partial charge < -0.3 is 19.6 Å². The highest BCUT2D eigenvalue weighted by molar-refractivity contribution is 7.99. The Labute approximate surface area is 573 Å². The minimum atomic E-state index is -1.65. The lowest BCUT2D eigenvalue weighted by Crippen LogP contribution is -2.34. The van der Waals surface area contributed by atoms with E-state index in [-0.39, 0.29) is 23.6 Å². The van der Waals surface area contributed by atoms with Gasteiger partial charge in [-0.3, -0.25) is 19.2 Å². The van der Waals surface area contributed by atoms with Gasteiger partial charge in [0, 0.05) is 35.6 Å². The molecule has 18 heteroatoms. The Morgan fingerprint density at radius 3 is 0.956 bits per heavy atom. The van der Waals surface area contributed by atoms with E-state index in [9.17, 15) is 19.2 Å². The van der Waals surface area contributed by atoms with Crippen LogP contribution in [0.2, 0.25) is 39.3 Å². The summed E-state index contributed by atoms with van der Waals surface area (Å²) in [7, 11) is -3.30. The predicted molar refractivity (Wildman–Crippen MR) is 408 cm³/mol. The Balaban J connectivity index is 0.000000218. The third-order valence-electron chi connectivity index (χ3n) is 18.0. The summed E-state index contributed by atoms with van der Waals surface area (Å²) < 4.78 is 4.81. The van der Waals surface area contributed by atoms with Crippen LogP contribution >= 0.6 is 91.5 Å². The molecule has 6 aromatic heterocycles. The molecule has 0 aliphatic carbocycles. The van der Waals surface area contributed by atoms with Crippen LogP contribution < -0.4 is 19.6 Å². The fourth-order valence-corrected chi connectivity index (χ4v) is 23.1. The number of thiophene rings is 6. The molecular formula is C72H96N4O4S8Si2. The first-order chi connectivity index (χ1) is 43.2. The minimum Gasteiger partial charge on any atom is -0.305 e. The topological polar surface area (TPSA) is 81.2 Å². The van der Waals surface area contributed by atoms with Crippen molar-refractivity contribution < 1.29 is 19.2 Å². The molecule has 4 unspecified atom stereocenters. The maximum Gasteiger partial charge on any atom is 0.260 e. The molecule has 0 aromatic carbocycles. The zero-order valence-corrected chi connectivity index (χ0v) is 65.0. The van der Waals surface area contributed by atoms with E-state index in [1.165, 1.54) is 31.6 Å². The smallest absolute Gasteiger partial charge is 0.260 e. The van der Waals surface area contributed by atoms with Gasteiger partial charge in [0.15, 0.2) is 0 Å². The van der Waals surface area contributed by atoms with Gasteiger partial charge >= 0.3 is 0 Å². The first-order valence-corrected chi connectivity index (χ1v) is 47.9. The van der Waals surface area contributed by atoms with Gasteiger partial charge in [0.05, 0.1) is 93.5 Å². The van der Waals surface area contributed by atoms with Crippen molar-refractivity contribution in [2.45, 2.75) is 207 Å². The van der Waals surface area contributed by atoms with E-state index in [2.05, 4.69) is 153 Å². The molecule has 0 bridgehead atoms. The number of rotatable bonds is 26. The maximum atomic E-state index is 15.0. The van der Waals surface area contributed by atoms with Gasteiger partial charge in [0.1, 0.15) is 16.1 Å². The lowest BCUT2D eigenvalue weighted by molar-refractivity contribution is -0.114. The molecule has 0 N–H and O–H groups in total. The number of fused-ring (bicyclic) bond motifs is 8. The third-order valence-corrected chi connectivity index (χ3v) is 28.3. The highest BCUT2D eigenvalue weighted by atomic mass is 32.2. The highest BCUT2D eigenvalue weighted by Crippen LogP contribution is 2.60. The van der Waals surface area contributed by atoms with Gasteiger partial charge in [0.2, 0.25) is 0 Å². The molecule has 0 spiro atoms. The first kappa shape index (κ1) is 70.6. The van der Waals surface area contributed by atoms with Gasteiger partial charge in [-0.15, -0.1) is 103 Å². The predicted octanol–water partition coefficient (Wildman–Crippen LogP) is 22.0. The van der Waals surface area contributed by atoms with Crippen LogP contribution in [0.3, 0.4) is 0 Å². The molecule has 0 radical (unpaired) electrons. The quantitative estimate of drug-likeness (QED) is 0.0233. The van der Waals surface area contributed by atoms with Crippen LogP contribution in [-0.2, 0) is 19.2 Å². The second-order valence-electron chi connectivity index (χ2n) is 26.9. The van der Waals surface area contributed by atoms with Crippen LogP contribution in [0.5, 0.6) is 0 Å². The number of amides is 4. The Kier molecular flexibility index (Phi) is 24.2. The van der Waals surface area contributed by atoms with E-state index >= 15 is 0 Å². The number of thioether (sulfide) groups is 2. The molecule has 0 saturated heterocycles. The highest BCUT2D eigenvalue weighted by Gasteiger charge is 2.49. The summed E-state index contributed by atoms with van der Waals surface area (Å²) in [5.74, 6) is 8.84. The summed E-state index contributed by atoms with van der Waals surface area (Å²) in [5.41, 5.74) is 13.7. The summed E-state index contributed by atoms with van der Waals surface area (Å²) in [6.07, 6.45) is 22.0. The van der Waals surface area contributed by atoms with Crippen LogP contribution in [0.15, 0.2) is 32.7 Å². The van der Waals surface area contributed by atoms with E-state index < -0.39 is 16.1 Å². The van der Waals surface area contributed by atoms with E-state index in [0.717, 1.165) is 165 Å². The monoisotopic (exact) mass is 1390 g/mol. The van der Waals surface area contributed by atoms with E-state index in [4.69, 9.17) is 0 Å². The van der Waals surface area contributed by atoms with Crippen molar-refractivity contribution in [2.24, 2.45) is 23.7 Å². The van der Waals surface area contributed by atoms with Crippen molar-refractivity contribution >= 4 is 195 Å². The zero-order chi connectivity index (χ0) is 64.9. The molecule has 484 valence electrons. The summed E-state index contributed by atoms with van der Waals surface area (Å²) in [4.78, 5) is 75.1. The molecule has 0 fully saturated rings. The van der Waals surface area contributed by atoms with Crippen molar-refractivity contribution in [1.29, 1.82) is 0 Å². The van der Waals surface area contributed by atoms with Crippen LogP contribution in [0.1, 0.15) is 187 Å². The molecule has 0 saturated carbocycles. The molecule has 4 atom stereocenters. The SMILES string of the molecule is CCCCC(CC)CN1C(=O)/C(=C2/C(=O)N(CC(CC)CCCC)c3c2sc(C#C[Si](C)(C)C)c3SC)c2sc(C#C[Si](C)(C)C)c(SC)c21.CCCCC(CC)CN1C(=O)/C(=C2/C(=O)N(CC(CC)CCCC)c3c2sc2ccsc32)c2sc3ccsc3c21. The average Bonchev–Trinajstić information content (AvgIpc) is 1.56. The number of nitrogens with zero attached hydrogens (tertiary/aromatic N) is 4. The Morgan fingerprint density at radius 1 is 0.422 bits per heavy atom. The van der Waals surface area contributed by atoms with Gasteiger partial charge in [-0.2, -0.15) is 0 Å². The molecule has 6 aromatic rings. The van der Waals surface area contributed by atoms with Crippen molar-refractivity contribution in [3.63, 3.8) is 0 Å². The fraction of sp³-hybridized carbons (Fsp3) is 0.556. The normalized spacial score (nSPS) is 17.7. The Hall–Kier alpha value is -3.67. The lowest BCUT2D eigenvalue weighted by atomic mass is 9.98. The van der Waals surface area contributed by atoms with Gasteiger partial charge in [-0.05, 0) is 84.8 Å². The van der Waals surface area contributed by atoms with Crippen LogP contribution in [-0.4, -0.2) is 78.5 Å². The Bertz CT molecular complexity index is 3570. The lowest BCUT2D eigenvalue weighted by Gasteiger charge is -2.25. The van der Waals surface area contributed by atoms with Crippen molar-refractivity contribution in [3.8, 4) is 22.9 Å². The van der Waals surface area contributed by atoms with E-state index in [1.807, 2.05) is 19.6 Å². The van der Waals surface area contributed by atoms with Crippen molar-refractivity contribution in [3.05, 3.63) is 52.2 Å². The molecule has 10 rings (SSSR count). The molecule has 4 amide bonds. The molecular weight excluding hydrogens is 1300 g/mol. The third kappa shape index (κ3) is 14.6. The van der Waals surface area contributed by atoms with Crippen LogP contribution in [0.25, 0.3) is 41.1 Å². The van der Waals surface area contributed by atoms with Gasteiger partial charge in [-0.1, -0.05) is 184 Å². The number of hydrogen-bond donors (Lipinski definition) is 0. The molecule has 90 heavy (non-hydrogen) atoms. The van der Waals surface area contributed by atoms with Crippen LogP contribution in [0, 0.1) is 46.6 Å². The number of carbonyl (C=O) groups is 4. The fourth-order valence-electron chi connectivity index (χ4n) is 12.7. The number of unbranched alkanes of at least 4 members (excludes halogenated alkanes) is 4. The standard InChI is InChI=1S/C40H58N2O2S4Si2.C32H38N2O2S4/c1-13-17-19-27(15-3)25-41-33-35(45-5)29(21-23-49(7,8)9)47-37(33)31(39(41)43)32-38-34(36(46-6)30(48-38)22-24-50(10,11)12)42(40(32)44)26-28(16-4)20-18-14-2;1-5-9-11-19(7-3)17-33-25-27-21(13-15-37-27)39-29(25)23(31(33)35)24-30-26(28-22(40-30)14-16-38-28)34(32(24)36)18-20(8-4)12-10-6-2/h27-28H,13-20,25-26H2,1-12H3;13-16,19-20H,5-12,17-18H2,1-4H3/b32-31+;24-23+. The van der Waals surface area contributed by atoms with Gasteiger partial charge in [0.25, 0.3) is 23.6 Å². The summed E-state index contributed by atoms with van der Waals surface area (Å²) in [5, 5.41) is 4.25. The molecule has 10 heterocycles. The van der Waals surface area contributed by atoms with Gasteiger partial charge in [-0.25, -0.2) is 0 Å². The summed E-state index contributed by atoms with van der Waals surface area (Å²) in [6.45, 7) is 34.3. The first-order valence-electron chi connectivity index (χ1n) is 33.4. The number of anilines is 4. The van der Waals surface area contributed by atoms with Crippen LogP contribution in [0.4, 0.5) is 22.7 Å². The summed E-state index contributed by atoms with van der Waals surface area (Å²) in [6, 6.07) is 4.33. The minimum absolute atomic E-state index is 0.0239. The largest absolute Gasteiger partial charge is 0.305 e. The Morgan fingerprint density at radius 2 is 0.700 bits per heavy atom. The van der Waals surface area contributed by atoms with E-state index in [1.54, 1.807) is 91.5 Å². The molecule has 8 nitrogen and oxygen atoms in total. The van der Waals surface area contributed by atoms with Crippen molar-refractivity contribution in [2.75, 3.05) is 58.3 Å². The van der Waals surface area contributed by atoms with E-state index in [0.29, 0.717) is 59.1 Å². The second kappa shape index (κ2) is 30.8. The average molecular weight is 1390 g/mol. The molecule has 4 aliphatic heterocycles. The number of carbonyl (C=O) groups excluding carboxylic acids is 4. The summed E-state index contributed by atoms with van der Waals surface area (Å²) >= 11 is 13.4. The maximum absolute atomic E-state index is 15.0. The zero-order valence-electron chi connectivity index (χ0n) is 56.4. The second-order valence-corrected chi connectivity index (χ2v) is 44.0. The molecule has 4 aliphatic rings. The number of hydrogen-bond acceptors (Lipinski definition) is 12. The van der Waals surface area contributed by atoms with Crippen molar-refractivity contribution in [1.82, 2.24) is 0 Å².